The lowest BCUT2D eigenvalue weighted by molar-refractivity contribution is -0.383. The molecule has 0 saturated heterocycles. The number of nitrogens with two attached hydrogens (primary N) is 1. The molecule has 23 heavy (non-hydrogen) atoms. The minimum Gasteiger partial charge on any atom is -0.393 e. The number of hydrogen-bond acceptors (Lipinski definition) is 5. The fourth-order valence-electron chi connectivity index (χ4n) is 1.90. The first-order valence-electron chi connectivity index (χ1n) is 6.60. The van der Waals surface area contributed by atoms with Gasteiger partial charge in [0.15, 0.2) is 0 Å². The lowest BCUT2D eigenvalue weighted by Crippen LogP contribution is -2.18. The summed E-state index contributed by atoms with van der Waals surface area (Å²) in [4.78, 5) is 33.7. The second-order valence-corrected chi connectivity index (χ2v) is 4.64. The number of nitro groups is 1. The molecule has 0 spiro atoms. The number of nitrogens with zero attached hydrogens (tertiary/aromatic N) is 1. The second-order valence-electron chi connectivity index (χ2n) is 4.64. The van der Waals surface area contributed by atoms with Crippen LogP contribution in [0.4, 0.5) is 17.1 Å². The van der Waals surface area contributed by atoms with E-state index in [0.29, 0.717) is 11.3 Å². The van der Waals surface area contributed by atoms with E-state index in [-0.39, 0.29) is 22.8 Å². The van der Waals surface area contributed by atoms with Gasteiger partial charge in [-0.15, -0.1) is 0 Å². The van der Waals surface area contributed by atoms with Crippen molar-refractivity contribution in [2.45, 2.75) is 0 Å². The lowest BCUT2D eigenvalue weighted by atomic mass is 10.1. The highest BCUT2D eigenvalue weighted by molar-refractivity contribution is 6.05. The molecule has 0 bridgehead atoms. The SMILES string of the molecule is CNC(=O)c1ccc(NC(=O)c2ccc(N)c([N+](=O)[O-])c2)cc1. The van der Waals surface area contributed by atoms with Gasteiger partial charge in [-0.25, -0.2) is 0 Å². The molecule has 0 aliphatic carbocycles. The normalized spacial score (nSPS) is 9.96. The summed E-state index contributed by atoms with van der Waals surface area (Å²) in [6, 6.07) is 10.1. The summed E-state index contributed by atoms with van der Waals surface area (Å²) in [7, 11) is 1.52. The summed E-state index contributed by atoms with van der Waals surface area (Å²) in [6.07, 6.45) is 0. The van der Waals surface area contributed by atoms with Crippen LogP contribution in [0.2, 0.25) is 0 Å². The van der Waals surface area contributed by atoms with Crippen LogP contribution in [0.25, 0.3) is 0 Å². The largest absolute Gasteiger partial charge is 0.393 e. The van der Waals surface area contributed by atoms with Crippen molar-refractivity contribution in [3.05, 3.63) is 63.7 Å². The highest BCUT2D eigenvalue weighted by atomic mass is 16.6. The summed E-state index contributed by atoms with van der Waals surface area (Å²) in [5.74, 6) is -0.752. The van der Waals surface area contributed by atoms with Gasteiger partial charge in [-0.05, 0) is 36.4 Å². The first kappa shape index (κ1) is 16.0. The number of nitro benzene ring substituents is 1. The van der Waals surface area contributed by atoms with Crippen molar-refractivity contribution in [2.75, 3.05) is 18.1 Å². The fraction of sp³-hybridized carbons (Fsp3) is 0.0667. The van der Waals surface area contributed by atoms with Gasteiger partial charge in [0.05, 0.1) is 4.92 Å². The van der Waals surface area contributed by atoms with E-state index >= 15 is 0 Å². The van der Waals surface area contributed by atoms with Gasteiger partial charge in [-0.2, -0.15) is 0 Å². The van der Waals surface area contributed by atoms with Crippen molar-refractivity contribution >= 4 is 28.9 Å². The van der Waals surface area contributed by atoms with Crippen LogP contribution in [0.1, 0.15) is 20.7 Å². The minimum absolute atomic E-state index is 0.0125. The van der Waals surface area contributed by atoms with Crippen molar-refractivity contribution in [3.8, 4) is 0 Å². The Balaban J connectivity index is 2.17. The molecule has 2 amide bonds. The van der Waals surface area contributed by atoms with Gasteiger partial charge in [0, 0.05) is 29.9 Å². The van der Waals surface area contributed by atoms with E-state index in [1.807, 2.05) is 0 Å². The van der Waals surface area contributed by atoms with Crippen LogP contribution < -0.4 is 16.4 Å². The minimum atomic E-state index is -0.649. The van der Waals surface area contributed by atoms with Crippen LogP contribution in [0, 0.1) is 10.1 Å². The number of anilines is 2. The number of carbonyl (C=O) groups excluding carboxylic acids is 2. The molecule has 0 aromatic heterocycles. The first-order chi connectivity index (χ1) is 10.9. The van der Waals surface area contributed by atoms with Gasteiger partial charge < -0.3 is 16.4 Å². The number of amides is 2. The molecule has 2 aromatic rings. The molecule has 0 heterocycles. The average molecular weight is 314 g/mol. The zero-order chi connectivity index (χ0) is 17.0. The third-order valence-electron chi connectivity index (χ3n) is 3.12. The Morgan fingerprint density at radius 2 is 1.65 bits per heavy atom. The number of nitrogen functional groups attached to an aromatic ring is 1. The van der Waals surface area contributed by atoms with Crippen LogP contribution in [0.5, 0.6) is 0 Å². The fourth-order valence-corrected chi connectivity index (χ4v) is 1.90. The summed E-state index contributed by atoms with van der Waals surface area (Å²) >= 11 is 0. The summed E-state index contributed by atoms with van der Waals surface area (Å²) < 4.78 is 0. The Labute approximate surface area is 131 Å². The molecule has 0 unspecified atom stereocenters. The van der Waals surface area contributed by atoms with E-state index in [9.17, 15) is 19.7 Å². The Hall–Kier alpha value is -3.42. The van der Waals surface area contributed by atoms with Crippen molar-refractivity contribution < 1.29 is 14.5 Å². The highest BCUT2D eigenvalue weighted by Gasteiger charge is 2.15. The van der Waals surface area contributed by atoms with E-state index in [1.54, 1.807) is 24.3 Å². The molecule has 0 aliphatic rings. The maximum absolute atomic E-state index is 12.1. The average Bonchev–Trinajstić information content (AvgIpc) is 2.54. The van der Waals surface area contributed by atoms with Crippen molar-refractivity contribution in [1.82, 2.24) is 5.32 Å². The molecule has 0 atom stereocenters. The summed E-state index contributed by atoms with van der Waals surface area (Å²) in [6.45, 7) is 0. The topological polar surface area (TPSA) is 127 Å². The molecule has 0 saturated carbocycles. The van der Waals surface area contributed by atoms with E-state index in [2.05, 4.69) is 10.6 Å². The molecule has 2 aromatic carbocycles. The number of benzene rings is 2. The second kappa shape index (κ2) is 6.56. The predicted octanol–water partition coefficient (Wildman–Crippen LogP) is 1.79. The Morgan fingerprint density at radius 3 is 2.22 bits per heavy atom. The Kier molecular flexibility index (Phi) is 4.55. The summed E-state index contributed by atoms with van der Waals surface area (Å²) in [5.41, 5.74) is 6.18. The van der Waals surface area contributed by atoms with E-state index in [1.165, 1.54) is 19.2 Å². The third-order valence-corrected chi connectivity index (χ3v) is 3.12. The third kappa shape index (κ3) is 3.62. The molecule has 2 rings (SSSR count). The van der Waals surface area contributed by atoms with Crippen LogP contribution in [-0.4, -0.2) is 23.8 Å². The lowest BCUT2D eigenvalue weighted by Gasteiger charge is -2.07. The maximum atomic E-state index is 12.1. The van der Waals surface area contributed by atoms with E-state index < -0.39 is 10.8 Å². The standard InChI is InChI=1S/C15H14N4O4/c1-17-14(20)9-2-5-11(6-3-9)18-15(21)10-4-7-12(16)13(8-10)19(22)23/h2-8H,16H2,1H3,(H,17,20)(H,18,21). The van der Waals surface area contributed by atoms with Crippen molar-refractivity contribution in [2.24, 2.45) is 0 Å². The van der Waals surface area contributed by atoms with E-state index in [4.69, 9.17) is 5.73 Å². The van der Waals surface area contributed by atoms with Crippen LogP contribution in [0.3, 0.4) is 0 Å². The number of carbonyl (C=O) groups is 2. The van der Waals surface area contributed by atoms with Gasteiger partial charge in [0.2, 0.25) is 0 Å². The molecular weight excluding hydrogens is 300 g/mol. The van der Waals surface area contributed by atoms with Gasteiger partial charge in [0.25, 0.3) is 17.5 Å². The molecule has 4 N–H and O–H groups in total. The van der Waals surface area contributed by atoms with Gasteiger partial charge >= 0.3 is 0 Å². The van der Waals surface area contributed by atoms with Crippen LogP contribution in [-0.2, 0) is 0 Å². The number of rotatable bonds is 4. The van der Waals surface area contributed by atoms with E-state index in [0.717, 1.165) is 6.07 Å². The summed E-state index contributed by atoms with van der Waals surface area (Å²) in [5, 5.41) is 15.9. The molecular formula is C15H14N4O4. The van der Waals surface area contributed by atoms with Gasteiger partial charge in [0.1, 0.15) is 5.69 Å². The van der Waals surface area contributed by atoms with Gasteiger partial charge in [-0.3, -0.25) is 19.7 Å². The number of nitrogens with one attached hydrogen (secondary N) is 2. The van der Waals surface area contributed by atoms with Crippen LogP contribution >= 0.6 is 0 Å². The van der Waals surface area contributed by atoms with Gasteiger partial charge in [-0.1, -0.05) is 0 Å². The zero-order valence-corrected chi connectivity index (χ0v) is 12.2. The maximum Gasteiger partial charge on any atom is 0.292 e. The molecule has 0 fully saturated rings. The molecule has 118 valence electrons. The molecule has 0 radical (unpaired) electrons. The zero-order valence-electron chi connectivity index (χ0n) is 12.2. The number of hydrogen-bond donors (Lipinski definition) is 3. The smallest absolute Gasteiger partial charge is 0.292 e. The first-order valence-corrected chi connectivity index (χ1v) is 6.60. The quantitative estimate of drug-likeness (QED) is 0.450. The molecule has 8 nitrogen and oxygen atoms in total. The Bertz CT molecular complexity index is 772. The predicted molar refractivity (Wildman–Crippen MR) is 85.3 cm³/mol. The molecule has 8 heteroatoms. The van der Waals surface area contributed by atoms with Crippen molar-refractivity contribution in [3.63, 3.8) is 0 Å². The Morgan fingerprint density at radius 1 is 1.04 bits per heavy atom. The monoisotopic (exact) mass is 314 g/mol. The van der Waals surface area contributed by atoms with Crippen LogP contribution in [0.15, 0.2) is 42.5 Å². The molecule has 0 aliphatic heterocycles. The highest BCUT2D eigenvalue weighted by Crippen LogP contribution is 2.23. The van der Waals surface area contributed by atoms with Crippen molar-refractivity contribution in [1.29, 1.82) is 0 Å².